The standard InChI is InChI=1S/C22H19ClN6O3.CH4/c1-28-18-7-14-15(26-27-20(14)23)8-19(18)32-11-17(22(28)31)25-21(30)16-10-29(12-24-16)9-13-5-3-2-4-6-13;/h2-8,10,12,17H,9,11H2,1H3,(H,25,30)(H,26,27);1H4/t17-;/m0./s1. The summed E-state index contributed by atoms with van der Waals surface area (Å²) in [4.78, 5) is 31.4. The third kappa shape index (κ3) is 4.27. The van der Waals surface area contributed by atoms with Gasteiger partial charge in [0, 0.05) is 31.2 Å². The van der Waals surface area contributed by atoms with Crippen molar-refractivity contribution >= 4 is 40.0 Å². The molecule has 1 aliphatic heterocycles. The first kappa shape index (κ1) is 22.3. The summed E-state index contributed by atoms with van der Waals surface area (Å²) >= 11 is 6.13. The molecule has 5 rings (SSSR count). The van der Waals surface area contributed by atoms with Crippen molar-refractivity contribution in [3.05, 3.63) is 71.4 Å². The summed E-state index contributed by atoms with van der Waals surface area (Å²) < 4.78 is 7.66. The molecule has 0 aliphatic carbocycles. The van der Waals surface area contributed by atoms with Gasteiger partial charge in [-0.15, -0.1) is 0 Å². The van der Waals surface area contributed by atoms with E-state index in [0.29, 0.717) is 34.0 Å². The molecule has 0 bridgehead atoms. The maximum Gasteiger partial charge on any atom is 0.272 e. The van der Waals surface area contributed by atoms with Crippen molar-refractivity contribution in [2.24, 2.45) is 0 Å². The molecule has 170 valence electrons. The number of nitrogens with one attached hydrogen (secondary N) is 2. The number of likely N-dealkylation sites (N-methyl/N-ethyl adjacent to an activating group) is 1. The highest BCUT2D eigenvalue weighted by atomic mass is 35.5. The molecule has 9 nitrogen and oxygen atoms in total. The van der Waals surface area contributed by atoms with Gasteiger partial charge in [-0.25, -0.2) is 4.98 Å². The summed E-state index contributed by atoms with van der Waals surface area (Å²) in [5.41, 5.74) is 2.49. The number of amides is 2. The van der Waals surface area contributed by atoms with E-state index >= 15 is 0 Å². The Morgan fingerprint density at radius 3 is 2.88 bits per heavy atom. The number of anilines is 1. The number of hydrogen-bond acceptors (Lipinski definition) is 5. The van der Waals surface area contributed by atoms with Gasteiger partial charge in [0.1, 0.15) is 29.2 Å². The van der Waals surface area contributed by atoms with Crippen LogP contribution in [0.4, 0.5) is 5.69 Å². The third-order valence-corrected chi connectivity index (χ3v) is 5.65. The molecule has 0 saturated heterocycles. The van der Waals surface area contributed by atoms with Crippen LogP contribution in [-0.2, 0) is 11.3 Å². The van der Waals surface area contributed by atoms with Crippen molar-refractivity contribution in [2.45, 2.75) is 20.0 Å². The Hall–Kier alpha value is -3.85. The van der Waals surface area contributed by atoms with Crippen LogP contribution in [0.2, 0.25) is 5.15 Å². The number of fused-ring (bicyclic) bond motifs is 2. The number of nitrogens with zero attached hydrogens (tertiary/aromatic N) is 4. The molecule has 2 aromatic heterocycles. The van der Waals surface area contributed by atoms with Gasteiger partial charge >= 0.3 is 0 Å². The Bertz CT molecular complexity index is 1320. The molecule has 1 atom stereocenters. The lowest BCUT2D eigenvalue weighted by molar-refractivity contribution is -0.120. The molecule has 0 saturated carbocycles. The third-order valence-electron chi connectivity index (χ3n) is 5.36. The highest BCUT2D eigenvalue weighted by molar-refractivity contribution is 6.34. The average molecular weight is 467 g/mol. The number of aromatic amines is 1. The second kappa shape index (κ2) is 8.95. The van der Waals surface area contributed by atoms with E-state index in [0.717, 1.165) is 5.56 Å². The van der Waals surface area contributed by atoms with E-state index in [4.69, 9.17) is 16.3 Å². The largest absolute Gasteiger partial charge is 0.489 e. The number of ether oxygens (including phenoxy) is 1. The van der Waals surface area contributed by atoms with Gasteiger partial charge in [0.2, 0.25) is 0 Å². The molecular weight excluding hydrogens is 444 g/mol. The van der Waals surface area contributed by atoms with Gasteiger partial charge in [-0.3, -0.25) is 14.7 Å². The maximum atomic E-state index is 13.0. The van der Waals surface area contributed by atoms with Crippen molar-refractivity contribution < 1.29 is 14.3 Å². The number of rotatable bonds is 4. The number of imidazole rings is 1. The van der Waals surface area contributed by atoms with Crippen molar-refractivity contribution in [1.82, 2.24) is 25.1 Å². The molecule has 33 heavy (non-hydrogen) atoms. The van der Waals surface area contributed by atoms with E-state index in [9.17, 15) is 9.59 Å². The molecule has 0 fully saturated rings. The quantitative estimate of drug-likeness (QED) is 0.480. The molecule has 2 N–H and O–H groups in total. The predicted molar refractivity (Wildman–Crippen MR) is 126 cm³/mol. The summed E-state index contributed by atoms with van der Waals surface area (Å²) in [6.07, 6.45) is 3.24. The van der Waals surface area contributed by atoms with E-state index in [1.807, 2.05) is 34.9 Å². The summed E-state index contributed by atoms with van der Waals surface area (Å²) in [5, 5.41) is 10.6. The maximum absolute atomic E-state index is 13.0. The Morgan fingerprint density at radius 2 is 2.09 bits per heavy atom. The molecule has 2 aromatic carbocycles. The highest BCUT2D eigenvalue weighted by Gasteiger charge is 2.32. The first-order valence-corrected chi connectivity index (χ1v) is 10.3. The second-order valence-electron chi connectivity index (χ2n) is 7.53. The van der Waals surface area contributed by atoms with Crippen molar-refractivity contribution in [2.75, 3.05) is 18.6 Å². The van der Waals surface area contributed by atoms with Crippen LogP contribution >= 0.6 is 11.6 Å². The van der Waals surface area contributed by atoms with E-state index < -0.39 is 11.9 Å². The van der Waals surface area contributed by atoms with Crippen LogP contribution in [-0.4, -0.2) is 51.3 Å². The number of H-pyrrole nitrogens is 1. The van der Waals surface area contributed by atoms with Gasteiger partial charge < -0.3 is 19.5 Å². The topological polar surface area (TPSA) is 105 Å². The van der Waals surface area contributed by atoms with Gasteiger partial charge in [-0.2, -0.15) is 5.10 Å². The Kier molecular flexibility index (Phi) is 6.06. The van der Waals surface area contributed by atoms with Crippen LogP contribution in [0, 0.1) is 0 Å². The SMILES string of the molecule is C.CN1C(=O)[C@@H](NC(=O)c2cn(Cc3ccccc3)cn2)COc2cc3n[nH]c(Cl)c3cc21. The van der Waals surface area contributed by atoms with E-state index in [-0.39, 0.29) is 25.6 Å². The van der Waals surface area contributed by atoms with Crippen LogP contribution in [0.15, 0.2) is 55.0 Å². The first-order valence-electron chi connectivity index (χ1n) is 9.94. The lowest BCUT2D eigenvalue weighted by atomic mass is 10.2. The van der Waals surface area contributed by atoms with E-state index in [1.165, 1.54) is 4.90 Å². The van der Waals surface area contributed by atoms with Gasteiger partial charge in [0.15, 0.2) is 0 Å². The van der Waals surface area contributed by atoms with Crippen LogP contribution < -0.4 is 15.0 Å². The summed E-state index contributed by atoms with van der Waals surface area (Å²) in [7, 11) is 1.63. The Morgan fingerprint density at radius 1 is 1.30 bits per heavy atom. The zero-order valence-electron chi connectivity index (χ0n) is 17.1. The van der Waals surface area contributed by atoms with Crippen LogP contribution in [0.5, 0.6) is 5.75 Å². The summed E-state index contributed by atoms with van der Waals surface area (Å²) in [6, 6.07) is 12.4. The molecule has 4 aromatic rings. The van der Waals surface area contributed by atoms with E-state index in [2.05, 4.69) is 20.5 Å². The fraction of sp³-hybridized carbons (Fsp3) is 0.217. The molecule has 2 amide bonds. The molecule has 10 heteroatoms. The minimum Gasteiger partial charge on any atom is -0.489 e. The number of carbonyl (C=O) groups excluding carboxylic acids is 2. The molecule has 0 radical (unpaired) electrons. The lowest BCUT2D eigenvalue weighted by Crippen LogP contribution is -2.49. The molecular formula is C23H23ClN6O3. The Balaban J connectivity index is 0.00000259. The van der Waals surface area contributed by atoms with E-state index in [1.54, 1.807) is 31.7 Å². The number of benzene rings is 2. The van der Waals surface area contributed by atoms with Gasteiger partial charge in [-0.1, -0.05) is 49.4 Å². The highest BCUT2D eigenvalue weighted by Crippen LogP contribution is 2.36. The monoisotopic (exact) mass is 466 g/mol. The summed E-state index contributed by atoms with van der Waals surface area (Å²) in [6.45, 7) is 0.574. The van der Waals surface area contributed by atoms with Crippen molar-refractivity contribution in [3.63, 3.8) is 0 Å². The van der Waals surface area contributed by atoms with Crippen LogP contribution in [0.1, 0.15) is 23.5 Å². The predicted octanol–water partition coefficient (Wildman–Crippen LogP) is 3.25. The minimum absolute atomic E-state index is 0. The molecule has 3 heterocycles. The fourth-order valence-corrected chi connectivity index (χ4v) is 3.86. The number of halogens is 1. The van der Waals surface area contributed by atoms with Gasteiger partial charge in [-0.05, 0) is 11.6 Å². The van der Waals surface area contributed by atoms with Crippen LogP contribution in [0.3, 0.4) is 0 Å². The first-order chi connectivity index (χ1) is 15.5. The number of carbonyl (C=O) groups is 2. The number of hydrogen-bond donors (Lipinski definition) is 2. The van der Waals surface area contributed by atoms with Crippen molar-refractivity contribution in [1.29, 1.82) is 0 Å². The van der Waals surface area contributed by atoms with Gasteiger partial charge in [0.25, 0.3) is 11.8 Å². The normalized spacial score (nSPS) is 15.4. The van der Waals surface area contributed by atoms with Crippen molar-refractivity contribution in [3.8, 4) is 5.75 Å². The lowest BCUT2D eigenvalue weighted by Gasteiger charge is -2.20. The average Bonchev–Trinajstić information content (AvgIpc) is 3.39. The molecule has 0 unspecified atom stereocenters. The molecule has 1 aliphatic rings. The zero-order chi connectivity index (χ0) is 22.2. The zero-order valence-corrected chi connectivity index (χ0v) is 17.8. The summed E-state index contributed by atoms with van der Waals surface area (Å²) in [5.74, 6) is -0.267. The van der Waals surface area contributed by atoms with Gasteiger partial charge in [0.05, 0.1) is 17.5 Å². The minimum atomic E-state index is -0.872. The smallest absolute Gasteiger partial charge is 0.272 e. The fourth-order valence-electron chi connectivity index (χ4n) is 3.66. The van der Waals surface area contributed by atoms with Crippen LogP contribution in [0.25, 0.3) is 10.9 Å². The Labute approximate surface area is 195 Å². The molecule has 0 spiro atoms. The second-order valence-corrected chi connectivity index (χ2v) is 7.90. The number of aromatic nitrogens is 4.